The molecular weight excluding hydrogens is 304 g/mol. The van der Waals surface area contributed by atoms with Crippen LogP contribution in [0.2, 0.25) is 0 Å². The molecule has 0 bridgehead atoms. The van der Waals surface area contributed by atoms with Crippen LogP contribution in [0.3, 0.4) is 0 Å². The Morgan fingerprint density at radius 1 is 1.41 bits per heavy atom. The Balaban J connectivity index is 1.72. The molecule has 3 atom stereocenters. The molecule has 0 N–H and O–H groups in total. The number of hydrogen-bond acceptors (Lipinski definition) is 5. The maximum absolute atomic E-state index is 12.2. The zero-order valence-electron chi connectivity index (χ0n) is 13.1. The normalized spacial score (nSPS) is 29.7. The van der Waals surface area contributed by atoms with Crippen LogP contribution in [-0.2, 0) is 14.9 Å². The summed E-state index contributed by atoms with van der Waals surface area (Å²) in [6.07, 6.45) is 3.36. The van der Waals surface area contributed by atoms with Crippen molar-refractivity contribution in [2.45, 2.75) is 32.0 Å². The van der Waals surface area contributed by atoms with Crippen molar-refractivity contribution in [3.05, 3.63) is 23.8 Å². The molecule has 122 valence electrons. The third-order valence-corrected chi connectivity index (χ3v) is 6.34. The van der Waals surface area contributed by atoms with Crippen LogP contribution in [0.1, 0.15) is 30.5 Å². The van der Waals surface area contributed by atoms with Crippen LogP contribution in [0, 0.1) is 12.8 Å². The lowest BCUT2D eigenvalue weighted by atomic mass is 9.92. The second kappa shape index (κ2) is 5.84. The summed E-state index contributed by atoms with van der Waals surface area (Å²) >= 11 is 0. The Hall–Kier alpha value is -1.09. The van der Waals surface area contributed by atoms with E-state index in [4.69, 9.17) is 4.74 Å². The van der Waals surface area contributed by atoms with Crippen LogP contribution in [-0.4, -0.2) is 60.3 Å². The van der Waals surface area contributed by atoms with Gasteiger partial charge in [-0.25, -0.2) is 9.97 Å². The summed E-state index contributed by atoms with van der Waals surface area (Å²) in [6, 6.07) is 1.88. The predicted molar refractivity (Wildman–Crippen MR) is 81.3 cm³/mol. The summed E-state index contributed by atoms with van der Waals surface area (Å²) in [6.45, 7) is 2.84. The Morgan fingerprint density at radius 2 is 2.18 bits per heavy atom. The number of aryl methyl sites for hydroxylation is 1. The fraction of sp³-hybridized carbons (Fsp3) is 0.714. The zero-order chi connectivity index (χ0) is 15.9. The molecule has 0 aliphatic carbocycles. The van der Waals surface area contributed by atoms with Crippen molar-refractivity contribution >= 4 is 10.2 Å². The third-order valence-electron chi connectivity index (χ3n) is 4.43. The molecule has 0 saturated carbocycles. The molecule has 1 aromatic heterocycles. The molecule has 0 aromatic carbocycles. The molecule has 1 aromatic rings. The first-order valence-corrected chi connectivity index (χ1v) is 8.90. The summed E-state index contributed by atoms with van der Waals surface area (Å²) in [5.74, 6) is 1.13. The summed E-state index contributed by atoms with van der Waals surface area (Å²) < 4.78 is 33.4. The second-order valence-electron chi connectivity index (χ2n) is 6.12. The molecule has 0 spiro atoms. The molecule has 2 aliphatic rings. The molecule has 2 saturated heterocycles. The van der Waals surface area contributed by atoms with Gasteiger partial charge in [0.25, 0.3) is 10.2 Å². The number of rotatable bonds is 3. The smallest absolute Gasteiger partial charge is 0.281 e. The van der Waals surface area contributed by atoms with Crippen molar-refractivity contribution in [3.8, 4) is 0 Å². The van der Waals surface area contributed by atoms with Gasteiger partial charge in [0.2, 0.25) is 0 Å². The predicted octanol–water partition coefficient (Wildman–Crippen LogP) is 0.743. The van der Waals surface area contributed by atoms with E-state index in [1.807, 2.05) is 13.0 Å². The molecule has 0 amide bonds. The minimum atomic E-state index is -3.37. The summed E-state index contributed by atoms with van der Waals surface area (Å²) in [4.78, 5) is 8.54. The topological polar surface area (TPSA) is 75.6 Å². The zero-order valence-corrected chi connectivity index (χ0v) is 14.0. The van der Waals surface area contributed by atoms with Crippen molar-refractivity contribution < 1.29 is 13.2 Å². The van der Waals surface area contributed by atoms with Crippen LogP contribution >= 0.6 is 0 Å². The van der Waals surface area contributed by atoms with E-state index in [1.54, 1.807) is 20.3 Å². The Labute approximate surface area is 131 Å². The lowest BCUT2D eigenvalue weighted by Gasteiger charge is -2.34. The van der Waals surface area contributed by atoms with E-state index in [0.717, 1.165) is 24.4 Å². The maximum Gasteiger partial charge on any atom is 0.281 e. The average Bonchev–Trinajstić information content (AvgIpc) is 2.90. The Bertz CT molecular complexity index is 649. The highest BCUT2D eigenvalue weighted by Gasteiger charge is 2.43. The molecule has 2 aliphatic heterocycles. The van der Waals surface area contributed by atoms with Crippen LogP contribution in [0.25, 0.3) is 0 Å². The first-order valence-electron chi connectivity index (χ1n) is 7.50. The van der Waals surface area contributed by atoms with Crippen LogP contribution in [0.15, 0.2) is 12.3 Å². The molecule has 0 radical (unpaired) electrons. The van der Waals surface area contributed by atoms with Gasteiger partial charge in [0.05, 0.1) is 11.8 Å². The van der Waals surface area contributed by atoms with Crippen LogP contribution < -0.4 is 0 Å². The average molecular weight is 326 g/mol. The fourth-order valence-corrected chi connectivity index (χ4v) is 4.32. The number of ether oxygens (including phenoxy) is 1. The van der Waals surface area contributed by atoms with E-state index in [0.29, 0.717) is 19.0 Å². The highest BCUT2D eigenvalue weighted by atomic mass is 32.2. The van der Waals surface area contributed by atoms with Gasteiger partial charge >= 0.3 is 0 Å². The van der Waals surface area contributed by atoms with Gasteiger partial charge in [-0.3, -0.25) is 0 Å². The third kappa shape index (κ3) is 2.88. The maximum atomic E-state index is 12.2. The second-order valence-corrected chi connectivity index (χ2v) is 8.27. The lowest BCUT2D eigenvalue weighted by Crippen LogP contribution is -2.49. The molecule has 0 unspecified atom stereocenters. The molecular formula is C14H22N4O3S. The van der Waals surface area contributed by atoms with Gasteiger partial charge in [-0.15, -0.1) is 0 Å². The van der Waals surface area contributed by atoms with Crippen molar-refractivity contribution in [2.75, 3.05) is 27.2 Å². The largest absolute Gasteiger partial charge is 0.367 e. The van der Waals surface area contributed by atoms with E-state index in [-0.39, 0.29) is 12.2 Å². The van der Waals surface area contributed by atoms with Gasteiger partial charge in [-0.1, -0.05) is 0 Å². The number of hydrogen-bond donors (Lipinski definition) is 0. The number of piperidine rings is 1. The molecule has 2 fully saturated rings. The SMILES string of the molecule is Cc1nccc([C@H]2C[C@H]3CCN(S(=O)(=O)N(C)C)C[C@@H]3O2)n1. The van der Waals surface area contributed by atoms with E-state index < -0.39 is 10.2 Å². The van der Waals surface area contributed by atoms with Gasteiger partial charge in [0, 0.05) is 33.4 Å². The van der Waals surface area contributed by atoms with E-state index in [1.165, 1.54) is 8.61 Å². The fourth-order valence-electron chi connectivity index (χ4n) is 3.19. The molecule has 8 heteroatoms. The number of nitrogens with zero attached hydrogens (tertiary/aromatic N) is 4. The van der Waals surface area contributed by atoms with Crippen molar-refractivity contribution in [2.24, 2.45) is 5.92 Å². The first-order chi connectivity index (χ1) is 10.4. The van der Waals surface area contributed by atoms with Crippen molar-refractivity contribution in [1.29, 1.82) is 0 Å². The first kappa shape index (κ1) is 15.8. The van der Waals surface area contributed by atoms with Crippen molar-refractivity contribution in [1.82, 2.24) is 18.6 Å². The van der Waals surface area contributed by atoms with Gasteiger partial charge in [0.1, 0.15) is 11.9 Å². The van der Waals surface area contributed by atoms with Gasteiger partial charge in [-0.05, 0) is 31.7 Å². The van der Waals surface area contributed by atoms with Crippen LogP contribution in [0.4, 0.5) is 0 Å². The standard InChI is InChI=1S/C14H22N4O3S/c1-10-15-6-4-12(16-10)13-8-11-5-7-18(9-14(11)21-13)22(19,20)17(2)3/h4,6,11,13-14H,5,7-9H2,1-3H3/t11-,13-,14+/m1/s1. The quantitative estimate of drug-likeness (QED) is 0.819. The lowest BCUT2D eigenvalue weighted by molar-refractivity contribution is 0.00777. The molecule has 3 rings (SSSR count). The molecule has 22 heavy (non-hydrogen) atoms. The van der Waals surface area contributed by atoms with Crippen molar-refractivity contribution in [3.63, 3.8) is 0 Å². The monoisotopic (exact) mass is 326 g/mol. The van der Waals surface area contributed by atoms with Crippen LogP contribution in [0.5, 0.6) is 0 Å². The highest BCUT2D eigenvalue weighted by molar-refractivity contribution is 7.86. The Kier molecular flexibility index (Phi) is 4.19. The minimum Gasteiger partial charge on any atom is -0.367 e. The van der Waals surface area contributed by atoms with E-state index >= 15 is 0 Å². The summed E-state index contributed by atoms with van der Waals surface area (Å²) in [5.41, 5.74) is 0.893. The molecule has 3 heterocycles. The number of fused-ring (bicyclic) bond motifs is 1. The minimum absolute atomic E-state index is 0.0521. The van der Waals surface area contributed by atoms with Gasteiger partial charge < -0.3 is 4.74 Å². The van der Waals surface area contributed by atoms with E-state index in [2.05, 4.69) is 9.97 Å². The van der Waals surface area contributed by atoms with Gasteiger partial charge in [0.15, 0.2) is 0 Å². The van der Waals surface area contributed by atoms with E-state index in [9.17, 15) is 8.42 Å². The summed E-state index contributed by atoms with van der Waals surface area (Å²) in [5, 5.41) is 0. The summed E-state index contributed by atoms with van der Waals surface area (Å²) in [7, 11) is -0.249. The molecule has 7 nitrogen and oxygen atoms in total. The van der Waals surface area contributed by atoms with Gasteiger partial charge in [-0.2, -0.15) is 17.0 Å². The number of aromatic nitrogens is 2. The highest BCUT2D eigenvalue weighted by Crippen LogP contribution is 2.40. The Morgan fingerprint density at radius 3 is 2.86 bits per heavy atom.